The number of carbonyl (C=O) groups is 1. The molecule has 0 spiro atoms. The van der Waals surface area contributed by atoms with Crippen molar-refractivity contribution in [1.82, 2.24) is 34.9 Å². The zero-order valence-corrected chi connectivity index (χ0v) is 14.2. The van der Waals surface area contributed by atoms with Crippen molar-refractivity contribution in [2.45, 2.75) is 13.1 Å². The highest BCUT2D eigenvalue weighted by Gasteiger charge is 2.23. The molecule has 0 aliphatic carbocycles. The molecule has 24 heavy (non-hydrogen) atoms. The number of amides is 2. The van der Waals surface area contributed by atoms with Crippen molar-refractivity contribution in [1.29, 1.82) is 0 Å². The molecular weight excluding hydrogens is 306 g/mol. The van der Waals surface area contributed by atoms with Crippen molar-refractivity contribution in [2.75, 3.05) is 40.3 Å². The van der Waals surface area contributed by atoms with Gasteiger partial charge in [0.25, 0.3) is 0 Å². The van der Waals surface area contributed by atoms with Gasteiger partial charge in [0.2, 0.25) is 0 Å². The Morgan fingerprint density at radius 2 is 1.79 bits per heavy atom. The van der Waals surface area contributed by atoms with Crippen molar-refractivity contribution in [3.05, 3.63) is 41.7 Å². The summed E-state index contributed by atoms with van der Waals surface area (Å²) in [5, 5.41) is 12.1. The van der Waals surface area contributed by atoms with Gasteiger partial charge in [0.15, 0.2) is 5.82 Å². The van der Waals surface area contributed by atoms with Crippen molar-refractivity contribution < 1.29 is 4.79 Å². The summed E-state index contributed by atoms with van der Waals surface area (Å²) in [4.78, 5) is 17.8. The number of tetrazole rings is 1. The number of aromatic nitrogens is 4. The van der Waals surface area contributed by atoms with E-state index in [4.69, 9.17) is 0 Å². The highest BCUT2D eigenvalue weighted by Crippen LogP contribution is 2.09. The largest absolute Gasteiger partial charge is 0.331 e. The van der Waals surface area contributed by atoms with Crippen LogP contribution < -0.4 is 0 Å². The Morgan fingerprint density at radius 1 is 1.08 bits per heavy atom. The maximum Gasteiger partial charge on any atom is 0.319 e. The van der Waals surface area contributed by atoms with Crippen LogP contribution in [-0.2, 0) is 13.1 Å². The summed E-state index contributed by atoms with van der Waals surface area (Å²) in [6, 6.07) is 10.2. The Morgan fingerprint density at radius 3 is 2.46 bits per heavy atom. The van der Waals surface area contributed by atoms with Gasteiger partial charge >= 0.3 is 6.03 Å². The zero-order valence-electron chi connectivity index (χ0n) is 14.2. The number of benzene rings is 1. The average molecular weight is 329 g/mol. The molecule has 2 amide bonds. The Kier molecular flexibility index (Phi) is 5.05. The predicted octanol–water partition coefficient (Wildman–Crippen LogP) is 0.521. The van der Waals surface area contributed by atoms with Crippen molar-refractivity contribution in [3.63, 3.8) is 0 Å². The predicted molar refractivity (Wildman–Crippen MR) is 89.3 cm³/mol. The molecule has 1 aromatic heterocycles. The summed E-state index contributed by atoms with van der Waals surface area (Å²) in [7, 11) is 3.57. The number of hydrogen-bond acceptors (Lipinski definition) is 5. The first-order valence-electron chi connectivity index (χ1n) is 8.11. The third-order valence-corrected chi connectivity index (χ3v) is 4.17. The maximum absolute atomic E-state index is 12.0. The van der Waals surface area contributed by atoms with Gasteiger partial charge in [-0.15, -0.1) is 5.10 Å². The third kappa shape index (κ3) is 3.88. The van der Waals surface area contributed by atoms with Gasteiger partial charge in [0, 0.05) is 40.3 Å². The lowest BCUT2D eigenvalue weighted by Gasteiger charge is -2.35. The lowest BCUT2D eigenvalue weighted by molar-refractivity contribution is 0.118. The maximum atomic E-state index is 12.0. The van der Waals surface area contributed by atoms with Gasteiger partial charge in [-0.1, -0.05) is 30.3 Å². The lowest BCUT2D eigenvalue weighted by Crippen LogP contribution is -2.51. The van der Waals surface area contributed by atoms with Crippen molar-refractivity contribution in [3.8, 4) is 0 Å². The van der Waals surface area contributed by atoms with Gasteiger partial charge < -0.3 is 9.80 Å². The Labute approximate surface area is 141 Å². The third-order valence-electron chi connectivity index (χ3n) is 4.17. The molecule has 1 aliphatic heterocycles. The van der Waals surface area contributed by atoms with Gasteiger partial charge in [-0.3, -0.25) is 4.90 Å². The van der Waals surface area contributed by atoms with Gasteiger partial charge in [0.1, 0.15) is 0 Å². The number of urea groups is 1. The molecule has 8 heteroatoms. The van der Waals surface area contributed by atoms with Crippen LogP contribution in [0.15, 0.2) is 30.3 Å². The molecule has 0 unspecified atom stereocenters. The minimum Gasteiger partial charge on any atom is -0.331 e. The van der Waals surface area contributed by atoms with Crippen LogP contribution >= 0.6 is 0 Å². The Hall–Kier alpha value is -2.48. The second kappa shape index (κ2) is 7.39. The summed E-state index contributed by atoms with van der Waals surface area (Å²) in [5.41, 5.74) is 1.17. The second-order valence-corrected chi connectivity index (χ2v) is 6.18. The fourth-order valence-corrected chi connectivity index (χ4v) is 2.80. The second-order valence-electron chi connectivity index (χ2n) is 6.18. The van der Waals surface area contributed by atoms with Gasteiger partial charge in [-0.05, 0) is 16.0 Å². The van der Waals surface area contributed by atoms with E-state index >= 15 is 0 Å². The number of rotatable bonds is 4. The number of carbonyl (C=O) groups excluding carboxylic acids is 1. The van der Waals surface area contributed by atoms with E-state index in [-0.39, 0.29) is 6.03 Å². The number of piperazine rings is 1. The van der Waals surface area contributed by atoms with Crippen LogP contribution in [0, 0.1) is 0 Å². The number of hydrogen-bond donors (Lipinski definition) is 0. The molecule has 128 valence electrons. The molecule has 0 saturated carbocycles. The Bertz CT molecular complexity index is 662. The van der Waals surface area contributed by atoms with Gasteiger partial charge in [-0.25, -0.2) is 9.48 Å². The molecule has 1 aliphatic rings. The highest BCUT2D eigenvalue weighted by atomic mass is 16.2. The molecular formula is C16H23N7O. The van der Waals surface area contributed by atoms with E-state index in [1.54, 1.807) is 19.0 Å². The van der Waals surface area contributed by atoms with Crippen LogP contribution in [0.3, 0.4) is 0 Å². The van der Waals surface area contributed by atoms with E-state index in [2.05, 4.69) is 32.6 Å². The molecule has 0 atom stereocenters. The quantitative estimate of drug-likeness (QED) is 0.818. The fourth-order valence-electron chi connectivity index (χ4n) is 2.80. The minimum atomic E-state index is 0.0727. The van der Waals surface area contributed by atoms with Crippen LogP contribution in [0.5, 0.6) is 0 Å². The SMILES string of the molecule is CN(C)C(=O)N1CCN(Cc2nnnn2Cc2ccccc2)CC1. The van der Waals surface area contributed by atoms with E-state index in [0.29, 0.717) is 13.1 Å². The molecule has 2 heterocycles. The van der Waals surface area contributed by atoms with E-state index in [0.717, 1.165) is 32.0 Å². The smallest absolute Gasteiger partial charge is 0.319 e. The normalized spacial score (nSPS) is 15.5. The molecule has 0 N–H and O–H groups in total. The molecule has 2 aromatic rings. The lowest BCUT2D eigenvalue weighted by atomic mass is 10.2. The zero-order chi connectivity index (χ0) is 16.9. The van der Waals surface area contributed by atoms with Crippen molar-refractivity contribution >= 4 is 6.03 Å². The van der Waals surface area contributed by atoms with Crippen LogP contribution in [0.25, 0.3) is 0 Å². The molecule has 1 fully saturated rings. The van der Waals surface area contributed by atoms with E-state index < -0.39 is 0 Å². The first-order valence-corrected chi connectivity index (χ1v) is 8.11. The summed E-state index contributed by atoms with van der Waals surface area (Å²) >= 11 is 0. The first kappa shape index (κ1) is 16.4. The first-order chi connectivity index (χ1) is 11.6. The molecule has 1 aromatic carbocycles. The topological polar surface area (TPSA) is 70.4 Å². The van der Waals surface area contributed by atoms with Crippen LogP contribution in [-0.4, -0.2) is 81.2 Å². The molecule has 0 radical (unpaired) electrons. The van der Waals surface area contributed by atoms with Crippen LogP contribution in [0.4, 0.5) is 4.79 Å². The van der Waals surface area contributed by atoms with E-state index in [9.17, 15) is 4.79 Å². The fraction of sp³-hybridized carbons (Fsp3) is 0.500. The standard InChI is InChI=1S/C16H23N7O/c1-20(2)16(24)22-10-8-21(9-11-22)13-15-17-18-19-23(15)12-14-6-4-3-5-7-14/h3-7H,8-13H2,1-2H3. The molecule has 0 bridgehead atoms. The molecule has 1 saturated heterocycles. The number of nitrogens with zero attached hydrogens (tertiary/aromatic N) is 7. The summed E-state index contributed by atoms with van der Waals surface area (Å²) in [6.07, 6.45) is 0. The average Bonchev–Trinajstić information content (AvgIpc) is 3.02. The van der Waals surface area contributed by atoms with Gasteiger partial charge in [0.05, 0.1) is 13.1 Å². The highest BCUT2D eigenvalue weighted by molar-refractivity contribution is 5.73. The van der Waals surface area contributed by atoms with Crippen molar-refractivity contribution in [2.24, 2.45) is 0 Å². The van der Waals surface area contributed by atoms with E-state index in [1.165, 1.54) is 5.56 Å². The van der Waals surface area contributed by atoms with Crippen LogP contribution in [0.1, 0.15) is 11.4 Å². The Balaban J connectivity index is 1.56. The molecule has 3 rings (SSSR count). The minimum absolute atomic E-state index is 0.0727. The summed E-state index contributed by atoms with van der Waals surface area (Å²) < 4.78 is 1.84. The molecule has 8 nitrogen and oxygen atoms in total. The monoisotopic (exact) mass is 329 g/mol. The summed E-state index contributed by atoms with van der Waals surface area (Å²) in [5.74, 6) is 0.853. The van der Waals surface area contributed by atoms with Crippen LogP contribution in [0.2, 0.25) is 0 Å². The van der Waals surface area contributed by atoms with Gasteiger partial charge in [-0.2, -0.15) is 0 Å². The summed E-state index contributed by atoms with van der Waals surface area (Å²) in [6.45, 7) is 4.50. The van der Waals surface area contributed by atoms with E-state index in [1.807, 2.05) is 27.8 Å².